The number of hydrogen-bond donors (Lipinski definition) is 7. The van der Waals surface area contributed by atoms with Gasteiger partial charge in [-0.1, -0.05) is 0 Å². The number of unbranched alkanes of at least 4 members (excludes halogenated alkanes) is 2. The number of nitrogens with zero attached hydrogens (tertiary/aromatic N) is 1. The van der Waals surface area contributed by atoms with Gasteiger partial charge in [0.25, 0.3) is 0 Å². The van der Waals surface area contributed by atoms with Crippen LogP contribution in [0.25, 0.3) is 11.0 Å². The van der Waals surface area contributed by atoms with Gasteiger partial charge in [-0.3, -0.25) is 19.2 Å². The molecule has 0 aliphatic rings. The average Bonchev–Trinajstić information content (AvgIpc) is 3.48. The number of hydrogen-bond acceptors (Lipinski definition) is 9. The molecule has 0 aliphatic carbocycles. The van der Waals surface area contributed by atoms with E-state index in [1.165, 1.54) is 19.3 Å². The van der Waals surface area contributed by atoms with E-state index in [0.717, 1.165) is 10.9 Å². The molecule has 2 heterocycles. The van der Waals surface area contributed by atoms with Gasteiger partial charge in [0, 0.05) is 55.0 Å². The number of carbonyl (C=O) groups excluding carboxylic acids is 4. The van der Waals surface area contributed by atoms with Crippen molar-refractivity contribution in [1.29, 1.82) is 0 Å². The molecule has 0 aliphatic heterocycles. The molecule has 2 aromatic heterocycles. The molecule has 0 unspecified atom stereocenters. The Balaban J connectivity index is 1.74. The lowest BCUT2D eigenvalue weighted by Gasteiger charge is -2.24. The molecular weight excluding hydrogens is 568 g/mol. The molecule has 238 valence electrons. The van der Waals surface area contributed by atoms with E-state index in [9.17, 15) is 24.0 Å². The summed E-state index contributed by atoms with van der Waals surface area (Å²) in [4.78, 5) is 69.8. The number of aryl methyl sites for hydroxylation is 1. The third kappa shape index (κ3) is 10.6. The van der Waals surface area contributed by atoms with Crippen molar-refractivity contribution in [3.8, 4) is 0 Å². The van der Waals surface area contributed by atoms with Crippen LogP contribution in [0.15, 0.2) is 46.0 Å². The molecule has 1 aromatic carbocycles. The zero-order chi connectivity index (χ0) is 32.1. The first-order valence-corrected chi connectivity index (χ1v) is 14.7. The van der Waals surface area contributed by atoms with E-state index < -0.39 is 41.5 Å². The maximum Gasteiger partial charge on any atom is 0.336 e. The lowest BCUT2D eigenvalue weighted by molar-refractivity contribution is -0.131. The zero-order valence-corrected chi connectivity index (χ0v) is 25.1. The lowest BCUT2D eigenvalue weighted by atomic mass is 10.0. The number of benzene rings is 1. The summed E-state index contributed by atoms with van der Waals surface area (Å²) in [6.45, 7) is 4.06. The quantitative estimate of drug-likeness (QED) is 0.0843. The van der Waals surface area contributed by atoms with Crippen molar-refractivity contribution in [1.82, 2.24) is 25.9 Å². The van der Waals surface area contributed by atoms with Gasteiger partial charge in [-0.25, -0.2) is 9.78 Å². The zero-order valence-electron chi connectivity index (χ0n) is 25.1. The van der Waals surface area contributed by atoms with Gasteiger partial charge in [0.1, 0.15) is 17.7 Å². The smallest absolute Gasteiger partial charge is 0.336 e. The summed E-state index contributed by atoms with van der Waals surface area (Å²) in [6, 6.07) is 3.51. The Hall–Kier alpha value is -4.56. The van der Waals surface area contributed by atoms with Crippen LogP contribution in [0.3, 0.4) is 0 Å². The molecule has 4 amide bonds. The van der Waals surface area contributed by atoms with Gasteiger partial charge in [-0.15, -0.1) is 0 Å². The second kappa shape index (κ2) is 16.9. The number of aromatic nitrogens is 2. The molecule has 0 bridgehead atoms. The van der Waals surface area contributed by atoms with Crippen molar-refractivity contribution in [2.75, 3.05) is 18.4 Å². The largest absolute Gasteiger partial charge is 0.423 e. The average molecular weight is 611 g/mol. The molecule has 3 atom stereocenters. The summed E-state index contributed by atoms with van der Waals surface area (Å²) in [5.41, 5.74) is 13.3. The van der Waals surface area contributed by atoms with Gasteiger partial charge in [0.15, 0.2) is 0 Å². The first-order valence-electron chi connectivity index (χ1n) is 14.7. The Morgan fingerprint density at radius 3 is 2.36 bits per heavy atom. The van der Waals surface area contributed by atoms with Gasteiger partial charge in [0.05, 0.1) is 12.4 Å². The molecule has 0 fully saturated rings. The fourth-order valence-corrected chi connectivity index (χ4v) is 4.68. The van der Waals surface area contributed by atoms with E-state index in [2.05, 4.69) is 31.2 Å². The summed E-state index contributed by atoms with van der Waals surface area (Å²) in [7, 11) is 0. The van der Waals surface area contributed by atoms with Crippen LogP contribution in [0.2, 0.25) is 0 Å². The molecule has 3 aromatic rings. The highest BCUT2D eigenvalue weighted by molar-refractivity contribution is 5.99. The fraction of sp³-hybridized carbons (Fsp3) is 0.467. The summed E-state index contributed by atoms with van der Waals surface area (Å²) < 4.78 is 5.29. The molecule has 14 nitrogen and oxygen atoms in total. The minimum atomic E-state index is -0.965. The summed E-state index contributed by atoms with van der Waals surface area (Å²) in [5.74, 6) is -1.70. The van der Waals surface area contributed by atoms with Crippen molar-refractivity contribution in [2.24, 2.45) is 11.5 Å². The van der Waals surface area contributed by atoms with Gasteiger partial charge in [-0.2, -0.15) is 0 Å². The van der Waals surface area contributed by atoms with Gasteiger partial charge < -0.3 is 42.1 Å². The Morgan fingerprint density at radius 2 is 1.68 bits per heavy atom. The summed E-state index contributed by atoms with van der Waals surface area (Å²) in [6.07, 6.45) is 6.13. The minimum Gasteiger partial charge on any atom is -0.423 e. The van der Waals surface area contributed by atoms with Crippen LogP contribution in [-0.2, 0) is 25.6 Å². The van der Waals surface area contributed by atoms with Crippen LogP contribution in [-0.4, -0.2) is 64.8 Å². The Kier molecular flexibility index (Phi) is 13.0. The molecule has 0 radical (unpaired) electrons. The predicted molar refractivity (Wildman–Crippen MR) is 165 cm³/mol. The molecule has 44 heavy (non-hydrogen) atoms. The van der Waals surface area contributed by atoms with Crippen molar-refractivity contribution in [3.05, 3.63) is 58.5 Å². The maximum absolute atomic E-state index is 13.5. The summed E-state index contributed by atoms with van der Waals surface area (Å²) >= 11 is 0. The van der Waals surface area contributed by atoms with Crippen LogP contribution in [0.4, 0.5) is 5.69 Å². The maximum atomic E-state index is 13.5. The fourth-order valence-electron chi connectivity index (χ4n) is 4.68. The molecule has 0 saturated heterocycles. The highest BCUT2D eigenvalue weighted by Crippen LogP contribution is 2.21. The number of carbonyl (C=O) groups is 4. The van der Waals surface area contributed by atoms with Crippen molar-refractivity contribution in [2.45, 2.75) is 76.9 Å². The van der Waals surface area contributed by atoms with E-state index >= 15 is 0 Å². The number of imidazole rings is 1. The third-order valence-electron chi connectivity index (χ3n) is 7.06. The molecule has 14 heteroatoms. The van der Waals surface area contributed by atoms with Crippen molar-refractivity contribution >= 4 is 40.3 Å². The number of nitrogens with one attached hydrogen (secondary N) is 5. The van der Waals surface area contributed by atoms with E-state index in [0.29, 0.717) is 62.2 Å². The van der Waals surface area contributed by atoms with Crippen LogP contribution in [0, 0.1) is 6.92 Å². The SMILES string of the molecule is CC(=O)NCCCC[C@H](NC(=O)[C@H](CCCCN)NC(=O)[C@@H](N)Cc1cnc[nH]1)C(=O)Nc1ccc2c(C)cc(=O)oc2c1. The third-order valence-corrected chi connectivity index (χ3v) is 7.06. The first-order chi connectivity index (χ1) is 21.1. The van der Waals surface area contributed by atoms with E-state index in [4.69, 9.17) is 15.9 Å². The Bertz CT molecular complexity index is 1470. The highest BCUT2D eigenvalue weighted by atomic mass is 16.4. The Morgan fingerprint density at radius 1 is 0.977 bits per heavy atom. The molecule has 0 spiro atoms. The number of rotatable bonds is 17. The lowest BCUT2D eigenvalue weighted by Crippen LogP contribution is -2.55. The van der Waals surface area contributed by atoms with E-state index in [1.54, 1.807) is 31.3 Å². The molecule has 3 rings (SSSR count). The topological polar surface area (TPSA) is 227 Å². The van der Waals surface area contributed by atoms with E-state index in [1.807, 2.05) is 0 Å². The van der Waals surface area contributed by atoms with Crippen molar-refractivity contribution in [3.63, 3.8) is 0 Å². The number of H-pyrrole nitrogens is 1. The minimum absolute atomic E-state index is 0.160. The summed E-state index contributed by atoms with van der Waals surface area (Å²) in [5, 5.41) is 11.8. The van der Waals surface area contributed by atoms with Gasteiger partial charge >= 0.3 is 5.63 Å². The van der Waals surface area contributed by atoms with Crippen LogP contribution < -0.4 is 38.4 Å². The van der Waals surface area contributed by atoms with Crippen molar-refractivity contribution < 1.29 is 23.6 Å². The van der Waals surface area contributed by atoms with Gasteiger partial charge in [0.2, 0.25) is 23.6 Å². The number of anilines is 1. The second-order valence-corrected chi connectivity index (χ2v) is 10.7. The predicted octanol–water partition coefficient (Wildman–Crippen LogP) is 0.738. The van der Waals surface area contributed by atoms with Crippen LogP contribution in [0.1, 0.15) is 56.7 Å². The van der Waals surface area contributed by atoms with Crippen LogP contribution in [0.5, 0.6) is 0 Å². The molecule has 9 N–H and O–H groups in total. The molecule has 0 saturated carbocycles. The normalized spacial score (nSPS) is 13.1. The van der Waals surface area contributed by atoms with Crippen LogP contribution >= 0.6 is 0 Å². The second-order valence-electron chi connectivity index (χ2n) is 10.7. The number of fused-ring (bicyclic) bond motifs is 1. The van der Waals surface area contributed by atoms with E-state index in [-0.39, 0.29) is 18.7 Å². The van der Waals surface area contributed by atoms with Gasteiger partial charge in [-0.05, 0) is 69.7 Å². The number of amides is 4. The number of nitrogens with two attached hydrogens (primary N) is 2. The number of aromatic amines is 1. The highest BCUT2D eigenvalue weighted by Gasteiger charge is 2.28. The Labute approximate surface area is 255 Å². The molecular formula is C30H42N8O6. The standard InChI is InChI=1S/C30H42N8O6/c1-18-13-27(40)44-26-15-20(9-10-22(18)26)36-29(42)24(8-4-6-12-34-19(2)39)38-30(43)25(7-3-5-11-31)37-28(41)23(32)14-21-16-33-17-35-21/h9-10,13,15-17,23-25H,3-8,11-12,14,31-32H2,1-2H3,(H,33,35)(H,34,39)(H,36,42)(H,37,41)(H,38,43)/t23-,24-,25-/m0/s1. The monoisotopic (exact) mass is 610 g/mol. The first kappa shape index (κ1) is 33.9.